The van der Waals surface area contributed by atoms with Crippen LogP contribution in [0.1, 0.15) is 43.0 Å². The van der Waals surface area contributed by atoms with E-state index >= 15 is 0 Å². The molecule has 0 bridgehead atoms. The molecule has 7 nitrogen and oxygen atoms in total. The Kier molecular flexibility index (Phi) is 8.50. The number of carbonyl (C=O) groups excluding carboxylic acids is 3. The molecule has 3 rings (SSSR count). The minimum Gasteiger partial charge on any atom is -0.484 e. The predicted octanol–water partition coefficient (Wildman–Crippen LogP) is 3.54. The number of hydrogen-bond donors (Lipinski definition) is 2. The van der Waals surface area contributed by atoms with Gasteiger partial charge in [-0.1, -0.05) is 23.7 Å². The second-order valence-electron chi connectivity index (χ2n) is 7.80. The first-order chi connectivity index (χ1) is 15.4. The quantitative estimate of drug-likeness (QED) is 0.560. The maximum absolute atomic E-state index is 12.2. The molecule has 1 fully saturated rings. The molecule has 1 saturated carbocycles. The third-order valence-electron chi connectivity index (χ3n) is 5.25. The average molecular weight is 459 g/mol. The molecule has 1 aliphatic rings. The van der Waals surface area contributed by atoms with Gasteiger partial charge in [0.25, 0.3) is 11.8 Å². The molecule has 0 aliphatic heterocycles. The molecule has 0 aromatic heterocycles. The van der Waals surface area contributed by atoms with E-state index in [0.29, 0.717) is 22.1 Å². The average Bonchev–Trinajstić information content (AvgIpc) is 2.79. The smallest absolute Gasteiger partial charge is 0.258 e. The van der Waals surface area contributed by atoms with Gasteiger partial charge >= 0.3 is 0 Å². The van der Waals surface area contributed by atoms with Crippen molar-refractivity contribution < 1.29 is 23.9 Å². The van der Waals surface area contributed by atoms with Gasteiger partial charge in [0.15, 0.2) is 19.0 Å². The Morgan fingerprint density at radius 2 is 1.38 bits per heavy atom. The normalized spacial score (nSPS) is 17.8. The summed E-state index contributed by atoms with van der Waals surface area (Å²) in [6.07, 6.45) is 3.10. The monoisotopic (exact) mass is 458 g/mol. The highest BCUT2D eigenvalue weighted by atomic mass is 35.5. The lowest BCUT2D eigenvalue weighted by atomic mass is 9.91. The highest BCUT2D eigenvalue weighted by Crippen LogP contribution is 2.19. The Hall–Kier alpha value is -3.06. The highest BCUT2D eigenvalue weighted by molar-refractivity contribution is 6.30. The topological polar surface area (TPSA) is 93.7 Å². The first-order valence-electron chi connectivity index (χ1n) is 10.6. The standard InChI is InChI=1S/C24H27ClN2O5/c1-16(28)17-3-2-4-22(13-17)32-15-24(30)27-20-9-7-19(8-10-20)26-23(29)14-31-21-11-5-18(25)6-12-21/h2-6,11-13,19-20H,7-10,14-15H2,1H3,(H,26,29)(H,27,30)/t19-,20-. The van der Waals surface area contributed by atoms with Crippen molar-refractivity contribution in [2.24, 2.45) is 0 Å². The van der Waals surface area contributed by atoms with E-state index in [2.05, 4.69) is 10.6 Å². The Balaban J connectivity index is 1.33. The van der Waals surface area contributed by atoms with E-state index in [0.717, 1.165) is 25.7 Å². The van der Waals surface area contributed by atoms with Crippen molar-refractivity contribution in [3.8, 4) is 11.5 Å². The molecule has 0 heterocycles. The number of ether oxygens (including phenoxy) is 2. The fraction of sp³-hybridized carbons (Fsp3) is 0.375. The first kappa shape index (κ1) is 23.6. The minimum absolute atomic E-state index is 0.0492. The Labute approximate surface area is 192 Å². The summed E-state index contributed by atoms with van der Waals surface area (Å²) in [5.41, 5.74) is 0.543. The number of halogens is 1. The van der Waals surface area contributed by atoms with Crippen molar-refractivity contribution in [1.82, 2.24) is 10.6 Å². The van der Waals surface area contributed by atoms with Crippen molar-refractivity contribution in [2.45, 2.75) is 44.7 Å². The van der Waals surface area contributed by atoms with Crippen LogP contribution in [-0.4, -0.2) is 42.9 Å². The van der Waals surface area contributed by atoms with Crippen LogP contribution < -0.4 is 20.1 Å². The van der Waals surface area contributed by atoms with Gasteiger partial charge in [-0.2, -0.15) is 0 Å². The molecular formula is C24H27ClN2O5. The number of hydrogen-bond acceptors (Lipinski definition) is 5. The fourth-order valence-corrected chi connectivity index (χ4v) is 3.68. The molecule has 0 radical (unpaired) electrons. The molecule has 170 valence electrons. The molecule has 8 heteroatoms. The molecular weight excluding hydrogens is 432 g/mol. The maximum Gasteiger partial charge on any atom is 0.258 e. The van der Waals surface area contributed by atoms with E-state index in [1.165, 1.54) is 6.92 Å². The lowest BCUT2D eigenvalue weighted by molar-refractivity contribution is -0.125. The zero-order valence-corrected chi connectivity index (χ0v) is 18.7. The van der Waals surface area contributed by atoms with E-state index < -0.39 is 0 Å². The molecule has 0 saturated heterocycles. The number of amides is 2. The number of carbonyl (C=O) groups is 3. The largest absolute Gasteiger partial charge is 0.484 e. The zero-order chi connectivity index (χ0) is 22.9. The summed E-state index contributed by atoms with van der Waals surface area (Å²) in [6, 6.07) is 13.7. The summed E-state index contributed by atoms with van der Waals surface area (Å²) in [7, 11) is 0. The summed E-state index contributed by atoms with van der Waals surface area (Å²) in [5.74, 6) is 0.641. The second kappa shape index (κ2) is 11.5. The lowest BCUT2D eigenvalue weighted by Crippen LogP contribution is -2.45. The van der Waals surface area contributed by atoms with E-state index in [1.807, 2.05) is 0 Å². The van der Waals surface area contributed by atoms with E-state index in [4.69, 9.17) is 21.1 Å². The number of rotatable bonds is 9. The molecule has 32 heavy (non-hydrogen) atoms. The van der Waals surface area contributed by atoms with Gasteiger partial charge in [-0.25, -0.2) is 0 Å². The zero-order valence-electron chi connectivity index (χ0n) is 17.9. The van der Waals surface area contributed by atoms with Crippen LogP contribution in [0.4, 0.5) is 0 Å². The molecule has 0 unspecified atom stereocenters. The summed E-state index contributed by atoms with van der Waals surface area (Å²) >= 11 is 5.83. The van der Waals surface area contributed by atoms with E-state index in [9.17, 15) is 14.4 Å². The summed E-state index contributed by atoms with van der Waals surface area (Å²) in [4.78, 5) is 35.8. The third-order valence-corrected chi connectivity index (χ3v) is 5.50. The highest BCUT2D eigenvalue weighted by Gasteiger charge is 2.23. The van der Waals surface area contributed by atoms with E-state index in [-0.39, 0.29) is 42.9 Å². The van der Waals surface area contributed by atoms with Crippen LogP contribution in [0.3, 0.4) is 0 Å². The van der Waals surface area contributed by atoms with Gasteiger partial charge in [0.1, 0.15) is 11.5 Å². The van der Waals surface area contributed by atoms with Crippen LogP contribution in [-0.2, 0) is 9.59 Å². The molecule has 2 N–H and O–H groups in total. The Bertz CT molecular complexity index is 940. The van der Waals surface area contributed by atoms with Crippen LogP contribution >= 0.6 is 11.6 Å². The summed E-state index contributed by atoms with van der Waals surface area (Å²) in [5, 5.41) is 6.56. The van der Waals surface area contributed by atoms with Gasteiger partial charge in [-0.15, -0.1) is 0 Å². The van der Waals surface area contributed by atoms with Crippen LogP contribution in [0.2, 0.25) is 5.02 Å². The van der Waals surface area contributed by atoms with Crippen molar-refractivity contribution in [3.63, 3.8) is 0 Å². The van der Waals surface area contributed by atoms with Crippen LogP contribution in [0, 0.1) is 0 Å². The molecule has 1 aliphatic carbocycles. The van der Waals surface area contributed by atoms with Gasteiger partial charge in [0.2, 0.25) is 0 Å². The molecule has 2 amide bonds. The van der Waals surface area contributed by atoms with Crippen LogP contribution in [0.5, 0.6) is 11.5 Å². The van der Waals surface area contributed by atoms with Gasteiger partial charge in [0.05, 0.1) is 0 Å². The van der Waals surface area contributed by atoms with Crippen LogP contribution in [0.25, 0.3) is 0 Å². The summed E-state index contributed by atoms with van der Waals surface area (Å²) < 4.78 is 11.0. The van der Waals surface area contributed by atoms with Crippen LogP contribution in [0.15, 0.2) is 48.5 Å². The van der Waals surface area contributed by atoms with Crippen molar-refractivity contribution >= 4 is 29.2 Å². The third kappa shape index (κ3) is 7.57. The first-order valence-corrected chi connectivity index (χ1v) is 11.0. The number of benzene rings is 2. The number of ketones is 1. The van der Waals surface area contributed by atoms with Gasteiger partial charge in [-0.3, -0.25) is 14.4 Å². The Morgan fingerprint density at radius 3 is 1.91 bits per heavy atom. The summed E-state index contributed by atoms with van der Waals surface area (Å²) in [6.45, 7) is 1.32. The van der Waals surface area contributed by atoms with Gasteiger partial charge in [0, 0.05) is 22.7 Å². The molecule has 0 atom stereocenters. The lowest BCUT2D eigenvalue weighted by Gasteiger charge is -2.29. The molecule has 2 aromatic carbocycles. The van der Waals surface area contributed by atoms with E-state index in [1.54, 1.807) is 48.5 Å². The van der Waals surface area contributed by atoms with Gasteiger partial charge in [-0.05, 0) is 69.0 Å². The second-order valence-corrected chi connectivity index (χ2v) is 8.24. The van der Waals surface area contributed by atoms with Gasteiger partial charge < -0.3 is 20.1 Å². The SMILES string of the molecule is CC(=O)c1cccc(OCC(=O)N[C@H]2CC[C@H](NC(=O)COc3ccc(Cl)cc3)CC2)c1. The Morgan fingerprint density at radius 1 is 0.844 bits per heavy atom. The van der Waals surface area contributed by atoms with Crippen molar-refractivity contribution in [2.75, 3.05) is 13.2 Å². The van der Waals surface area contributed by atoms with Crippen molar-refractivity contribution in [1.29, 1.82) is 0 Å². The number of nitrogens with one attached hydrogen (secondary N) is 2. The van der Waals surface area contributed by atoms with Crippen molar-refractivity contribution in [3.05, 3.63) is 59.1 Å². The molecule has 0 spiro atoms. The number of Topliss-reactive ketones (excluding diaryl/α,β-unsaturated/α-hetero) is 1. The maximum atomic E-state index is 12.2. The predicted molar refractivity (Wildman–Crippen MR) is 121 cm³/mol. The molecule has 2 aromatic rings. The minimum atomic E-state index is -0.206. The fourth-order valence-electron chi connectivity index (χ4n) is 3.55.